The van der Waals surface area contributed by atoms with E-state index < -0.39 is 25.3 Å². The Kier molecular flexibility index (Phi) is 39.7. The molecule has 6 N–H and O–H groups in total. The largest absolute Gasteiger partial charge is 0.379 e. The Morgan fingerprint density at radius 1 is 0.600 bits per heavy atom. The molecule has 0 bridgehead atoms. The zero-order valence-corrected chi connectivity index (χ0v) is 36.5. The monoisotopic (exact) mass is 828 g/mol. The normalized spacial score (nSPS) is 13.6. The number of carbonyl (C=O) groups excluding carboxylic acids is 2. The van der Waals surface area contributed by atoms with Gasteiger partial charge in [-0.3, -0.25) is 19.0 Å². The summed E-state index contributed by atoms with van der Waals surface area (Å²) in [7, 11) is -4.64. The van der Waals surface area contributed by atoms with Gasteiger partial charge in [-0.05, 0) is 32.1 Å². The van der Waals surface area contributed by atoms with E-state index in [4.69, 9.17) is 29.5 Å². The standard InChI is InChI=1S/C40H82N3O10PS/c1-3-5-7-9-11-13-15-17-19-21-25-52-35-36(42-40(45)24-20-18-16-14-12-10-8-6-4-2)33-37(54(46,47)48)34-38(41)39(44)23-22-26-49-27-28-50-29-30-51-31-32-53-43-55/h36-38,43,55H,3-35,41H2,1-2H3,(H,42,45)(H2,46,47,48)/t36-,37?,38-/m1/s1. The predicted octanol–water partition coefficient (Wildman–Crippen LogP) is 7.75. The molecule has 0 fully saturated rings. The topological polar surface area (TPSA) is 188 Å². The van der Waals surface area contributed by atoms with Crippen molar-refractivity contribution in [3.63, 3.8) is 0 Å². The van der Waals surface area contributed by atoms with Crippen molar-refractivity contribution < 1.29 is 47.7 Å². The highest BCUT2D eigenvalue weighted by molar-refractivity contribution is 7.77. The quantitative estimate of drug-likeness (QED) is 0.0152. The Morgan fingerprint density at radius 2 is 1.05 bits per heavy atom. The van der Waals surface area contributed by atoms with E-state index in [2.05, 4.69) is 36.9 Å². The molecule has 0 spiro atoms. The molecule has 0 rings (SSSR count). The van der Waals surface area contributed by atoms with Crippen LogP contribution in [0.2, 0.25) is 0 Å². The Labute approximate surface area is 340 Å². The molecule has 0 heterocycles. The lowest BCUT2D eigenvalue weighted by molar-refractivity contribution is -0.123. The van der Waals surface area contributed by atoms with Gasteiger partial charge in [0.1, 0.15) is 5.78 Å². The summed E-state index contributed by atoms with van der Waals surface area (Å²) in [6.07, 6.45) is 23.1. The Hall–Kier alpha value is -0.640. The third kappa shape index (κ3) is 37.4. The number of nitrogens with two attached hydrogens (primary N) is 1. The number of ketones is 1. The van der Waals surface area contributed by atoms with Gasteiger partial charge >= 0.3 is 7.60 Å². The second kappa shape index (κ2) is 40.2. The summed E-state index contributed by atoms with van der Waals surface area (Å²) in [4.78, 5) is 53.5. The number of thiol groups is 1. The van der Waals surface area contributed by atoms with Gasteiger partial charge in [-0.15, -0.1) is 4.89 Å². The lowest BCUT2D eigenvalue weighted by Crippen LogP contribution is -2.42. The number of hydrogen-bond donors (Lipinski definition) is 6. The molecule has 0 saturated heterocycles. The molecular weight excluding hydrogens is 745 g/mol. The average molecular weight is 828 g/mol. The van der Waals surface area contributed by atoms with Crippen LogP contribution in [0.5, 0.6) is 0 Å². The van der Waals surface area contributed by atoms with Gasteiger partial charge in [0, 0.05) is 26.1 Å². The molecule has 0 aliphatic rings. The average Bonchev–Trinajstić information content (AvgIpc) is 3.15. The second-order valence-electron chi connectivity index (χ2n) is 14.8. The smallest absolute Gasteiger partial charge is 0.328 e. The molecule has 1 unspecified atom stereocenters. The van der Waals surface area contributed by atoms with Crippen molar-refractivity contribution >= 4 is 32.1 Å². The van der Waals surface area contributed by atoms with Gasteiger partial charge in [0.2, 0.25) is 5.91 Å². The molecule has 3 atom stereocenters. The van der Waals surface area contributed by atoms with E-state index >= 15 is 0 Å². The van der Waals surface area contributed by atoms with E-state index in [1.165, 1.54) is 83.5 Å². The molecule has 0 aliphatic carbocycles. The lowest BCUT2D eigenvalue weighted by Gasteiger charge is -2.27. The molecule has 0 aromatic heterocycles. The van der Waals surface area contributed by atoms with E-state index in [0.29, 0.717) is 65.7 Å². The van der Waals surface area contributed by atoms with Gasteiger partial charge in [0.15, 0.2) is 0 Å². The number of hydrogen-bond acceptors (Lipinski definition) is 11. The molecular formula is C40H82N3O10PS. The van der Waals surface area contributed by atoms with Crippen LogP contribution in [-0.4, -0.2) is 98.7 Å². The summed E-state index contributed by atoms with van der Waals surface area (Å²) in [6.45, 7) is 7.83. The zero-order valence-electron chi connectivity index (χ0n) is 34.7. The van der Waals surface area contributed by atoms with E-state index in [-0.39, 0.29) is 37.6 Å². The van der Waals surface area contributed by atoms with Crippen molar-refractivity contribution in [2.24, 2.45) is 5.73 Å². The highest BCUT2D eigenvalue weighted by atomic mass is 32.1. The Bertz CT molecular complexity index is 920. The summed E-state index contributed by atoms with van der Waals surface area (Å²) >= 11 is 3.70. The first-order valence-electron chi connectivity index (χ1n) is 21.6. The first-order chi connectivity index (χ1) is 26.6. The minimum Gasteiger partial charge on any atom is -0.379 e. The van der Waals surface area contributed by atoms with Crippen molar-refractivity contribution in [1.29, 1.82) is 0 Å². The Morgan fingerprint density at radius 3 is 1.56 bits per heavy atom. The lowest BCUT2D eigenvalue weighted by atomic mass is 10.00. The van der Waals surface area contributed by atoms with Crippen LogP contribution in [0.25, 0.3) is 0 Å². The summed E-state index contributed by atoms with van der Waals surface area (Å²) in [5.41, 5.74) is 5.01. The van der Waals surface area contributed by atoms with Crippen LogP contribution < -0.4 is 15.9 Å². The predicted molar refractivity (Wildman–Crippen MR) is 224 cm³/mol. The van der Waals surface area contributed by atoms with Gasteiger partial charge in [-0.2, -0.15) is 0 Å². The minimum absolute atomic E-state index is 0.0262. The molecule has 0 radical (unpaired) electrons. The number of amides is 1. The molecule has 0 aromatic rings. The van der Waals surface area contributed by atoms with Crippen molar-refractivity contribution in [3.05, 3.63) is 0 Å². The van der Waals surface area contributed by atoms with Crippen molar-refractivity contribution in [1.82, 2.24) is 10.2 Å². The fraction of sp³-hybridized carbons (Fsp3) is 0.950. The molecule has 13 nitrogen and oxygen atoms in total. The fourth-order valence-corrected chi connectivity index (χ4v) is 7.45. The summed E-state index contributed by atoms with van der Waals surface area (Å²) in [5.74, 6) is -0.428. The van der Waals surface area contributed by atoms with Crippen molar-refractivity contribution in [2.45, 2.75) is 186 Å². The maximum absolute atomic E-state index is 13.0. The third-order valence-electron chi connectivity index (χ3n) is 9.66. The van der Waals surface area contributed by atoms with Crippen LogP contribution in [0.3, 0.4) is 0 Å². The summed E-state index contributed by atoms with van der Waals surface area (Å²) in [5, 5.41) is 2.99. The number of Topliss-reactive ketones (excluding diaryl/α,β-unsaturated/α-hetero) is 1. The maximum atomic E-state index is 13.0. The van der Waals surface area contributed by atoms with Crippen LogP contribution >= 0.6 is 20.4 Å². The molecule has 0 saturated carbocycles. The summed E-state index contributed by atoms with van der Waals surface area (Å²) in [6, 6.07) is -1.64. The van der Waals surface area contributed by atoms with Crippen molar-refractivity contribution in [3.8, 4) is 0 Å². The highest BCUT2D eigenvalue weighted by Gasteiger charge is 2.34. The zero-order chi connectivity index (χ0) is 40.7. The van der Waals surface area contributed by atoms with Gasteiger partial charge in [-0.1, -0.05) is 136 Å². The molecule has 0 aliphatic heterocycles. The van der Waals surface area contributed by atoms with E-state index in [9.17, 15) is 23.9 Å². The molecule has 15 heteroatoms. The van der Waals surface area contributed by atoms with Gasteiger partial charge in [0.25, 0.3) is 0 Å². The van der Waals surface area contributed by atoms with Gasteiger partial charge in [-0.25, -0.2) is 0 Å². The van der Waals surface area contributed by atoms with Crippen LogP contribution in [0.1, 0.15) is 168 Å². The fourth-order valence-electron chi connectivity index (χ4n) is 6.33. The molecule has 0 aromatic carbocycles. The first-order valence-corrected chi connectivity index (χ1v) is 23.7. The second-order valence-corrected chi connectivity index (χ2v) is 16.9. The number of rotatable bonds is 44. The highest BCUT2D eigenvalue weighted by Crippen LogP contribution is 2.45. The van der Waals surface area contributed by atoms with Crippen LogP contribution in [0.15, 0.2) is 0 Å². The van der Waals surface area contributed by atoms with E-state index in [1.807, 2.05) is 0 Å². The number of nitrogens with one attached hydrogen (secondary N) is 2. The number of unbranched alkanes of at least 4 members (excludes halogenated alkanes) is 17. The Balaban J connectivity index is 4.77. The maximum Gasteiger partial charge on any atom is 0.328 e. The van der Waals surface area contributed by atoms with Crippen LogP contribution in [0, 0.1) is 0 Å². The SMILES string of the molecule is CCCCCCCCCCCCOC[C@@H](CC(C[C@@H](N)C(=O)CCCOCCOCCOCCONS)P(=O)(O)O)NC(=O)CCCCCCCCCCC. The third-order valence-corrected chi connectivity index (χ3v) is 11.2. The van der Waals surface area contributed by atoms with E-state index in [0.717, 1.165) is 38.5 Å². The van der Waals surface area contributed by atoms with Crippen molar-refractivity contribution in [2.75, 3.05) is 59.5 Å². The van der Waals surface area contributed by atoms with Crippen LogP contribution in [-0.2, 0) is 37.9 Å². The molecule has 55 heavy (non-hydrogen) atoms. The molecule has 328 valence electrons. The van der Waals surface area contributed by atoms with Crippen LogP contribution in [0.4, 0.5) is 0 Å². The van der Waals surface area contributed by atoms with E-state index in [1.54, 1.807) is 0 Å². The number of carbonyl (C=O) groups is 2. The minimum atomic E-state index is -4.64. The van der Waals surface area contributed by atoms with Gasteiger partial charge in [0.05, 0.1) is 64.0 Å². The molecule has 1 amide bonds. The summed E-state index contributed by atoms with van der Waals surface area (Å²) < 4.78 is 34.9. The van der Waals surface area contributed by atoms with Gasteiger partial charge < -0.3 is 39.8 Å². The number of ether oxygens (including phenoxy) is 4. The first kappa shape index (κ1) is 54.4.